The van der Waals surface area contributed by atoms with Gasteiger partial charge >= 0.3 is 0 Å². The number of hydrogen-bond donors (Lipinski definition) is 2. The van der Waals surface area contributed by atoms with Crippen molar-refractivity contribution in [3.8, 4) is 5.75 Å². The first-order chi connectivity index (χ1) is 9.83. The van der Waals surface area contributed by atoms with Gasteiger partial charge in [0.2, 0.25) is 0 Å². The molecule has 5 heteroatoms. The molecule has 1 aromatic carbocycles. The van der Waals surface area contributed by atoms with E-state index in [9.17, 15) is 0 Å². The number of benzene rings is 1. The predicted molar refractivity (Wildman–Crippen MR) is 80.4 cm³/mol. The van der Waals surface area contributed by atoms with Crippen LogP contribution in [0.25, 0.3) is 0 Å². The Morgan fingerprint density at radius 3 is 3.00 bits per heavy atom. The Labute approximate surface area is 120 Å². The van der Waals surface area contributed by atoms with Gasteiger partial charge in [0.25, 0.3) is 0 Å². The van der Waals surface area contributed by atoms with Crippen LogP contribution < -0.4 is 15.4 Å². The number of nitrogens with zero attached hydrogens (tertiary/aromatic N) is 1. The standard InChI is InChI=1S/C15H23N3O2/c1-16-15(17-8-5-9-19-2)18-11-13-10-12-6-3-4-7-14(12)20-13/h3-4,6-7,13H,5,8-11H2,1-2H3,(H2,16,17,18). The van der Waals surface area contributed by atoms with E-state index in [2.05, 4.69) is 21.7 Å². The Kier molecular flexibility index (Phi) is 5.68. The van der Waals surface area contributed by atoms with Crippen molar-refractivity contribution in [1.29, 1.82) is 0 Å². The fourth-order valence-electron chi connectivity index (χ4n) is 2.22. The maximum absolute atomic E-state index is 5.88. The molecule has 1 aromatic rings. The quantitative estimate of drug-likeness (QED) is 0.466. The molecule has 20 heavy (non-hydrogen) atoms. The third-order valence-corrected chi connectivity index (χ3v) is 3.25. The van der Waals surface area contributed by atoms with Crippen LogP contribution >= 0.6 is 0 Å². The van der Waals surface area contributed by atoms with E-state index in [1.54, 1.807) is 14.2 Å². The molecule has 2 N–H and O–H groups in total. The molecule has 0 saturated heterocycles. The van der Waals surface area contributed by atoms with Gasteiger partial charge in [0.1, 0.15) is 11.9 Å². The molecule has 2 rings (SSSR count). The zero-order valence-corrected chi connectivity index (χ0v) is 12.2. The van der Waals surface area contributed by atoms with Gasteiger partial charge in [0.05, 0.1) is 6.54 Å². The van der Waals surface area contributed by atoms with Crippen LogP contribution in [0.5, 0.6) is 5.75 Å². The second kappa shape index (κ2) is 7.75. The molecule has 0 aliphatic carbocycles. The summed E-state index contributed by atoms with van der Waals surface area (Å²) in [5.74, 6) is 1.81. The largest absolute Gasteiger partial charge is 0.488 e. The first-order valence-corrected chi connectivity index (χ1v) is 7.01. The van der Waals surface area contributed by atoms with Crippen molar-refractivity contribution in [1.82, 2.24) is 10.6 Å². The highest BCUT2D eigenvalue weighted by atomic mass is 16.5. The smallest absolute Gasteiger partial charge is 0.191 e. The summed E-state index contributed by atoms with van der Waals surface area (Å²) in [6.45, 7) is 2.35. The lowest BCUT2D eigenvalue weighted by atomic mass is 10.1. The number of fused-ring (bicyclic) bond motifs is 1. The highest BCUT2D eigenvalue weighted by molar-refractivity contribution is 5.79. The van der Waals surface area contributed by atoms with Gasteiger partial charge in [-0.3, -0.25) is 4.99 Å². The number of ether oxygens (including phenoxy) is 2. The maximum Gasteiger partial charge on any atom is 0.191 e. The minimum absolute atomic E-state index is 0.171. The number of guanidine groups is 1. The van der Waals surface area contributed by atoms with Crippen LogP contribution in [0.3, 0.4) is 0 Å². The van der Waals surface area contributed by atoms with Crippen molar-refractivity contribution in [3.63, 3.8) is 0 Å². The molecule has 0 bridgehead atoms. The van der Waals surface area contributed by atoms with Crippen LogP contribution in [0.2, 0.25) is 0 Å². The second-order valence-electron chi connectivity index (χ2n) is 4.78. The van der Waals surface area contributed by atoms with Crippen LogP contribution in [-0.4, -0.2) is 45.9 Å². The number of methoxy groups -OCH3 is 1. The fourth-order valence-corrected chi connectivity index (χ4v) is 2.22. The van der Waals surface area contributed by atoms with E-state index >= 15 is 0 Å². The summed E-state index contributed by atoms with van der Waals surface area (Å²) in [5.41, 5.74) is 1.28. The molecule has 0 spiro atoms. The average Bonchev–Trinajstić information content (AvgIpc) is 2.89. The SMILES string of the molecule is CN=C(NCCCOC)NCC1Cc2ccccc2O1. The first-order valence-electron chi connectivity index (χ1n) is 7.01. The number of hydrogen-bond acceptors (Lipinski definition) is 3. The van der Waals surface area contributed by atoms with Gasteiger partial charge in [-0.15, -0.1) is 0 Å². The van der Waals surface area contributed by atoms with E-state index in [1.807, 2.05) is 18.2 Å². The Morgan fingerprint density at radius 1 is 1.40 bits per heavy atom. The summed E-state index contributed by atoms with van der Waals surface area (Å²) in [5, 5.41) is 6.55. The van der Waals surface area contributed by atoms with Gasteiger partial charge in [-0.25, -0.2) is 0 Å². The van der Waals surface area contributed by atoms with Gasteiger partial charge in [0, 0.05) is 33.7 Å². The monoisotopic (exact) mass is 277 g/mol. The Hall–Kier alpha value is -1.75. The molecule has 0 saturated carbocycles. The van der Waals surface area contributed by atoms with E-state index in [-0.39, 0.29) is 6.10 Å². The summed E-state index contributed by atoms with van der Waals surface area (Å²) < 4.78 is 10.9. The molecule has 1 aliphatic rings. The molecule has 0 amide bonds. The van der Waals surface area contributed by atoms with E-state index in [4.69, 9.17) is 9.47 Å². The Morgan fingerprint density at radius 2 is 2.25 bits per heavy atom. The molecule has 1 unspecified atom stereocenters. The van der Waals surface area contributed by atoms with E-state index in [1.165, 1.54) is 5.56 Å². The molecule has 0 radical (unpaired) electrons. The van der Waals surface area contributed by atoms with Gasteiger partial charge in [0.15, 0.2) is 5.96 Å². The molecule has 1 atom stereocenters. The summed E-state index contributed by atoms with van der Waals surface area (Å²) in [6, 6.07) is 8.19. The van der Waals surface area contributed by atoms with Crippen molar-refractivity contribution in [2.75, 3.05) is 33.9 Å². The topological polar surface area (TPSA) is 54.9 Å². The molecule has 1 heterocycles. The Balaban J connectivity index is 1.70. The molecule has 1 aliphatic heterocycles. The Bertz CT molecular complexity index is 423. The van der Waals surface area contributed by atoms with Crippen LogP contribution in [0, 0.1) is 0 Å². The molecular weight excluding hydrogens is 254 g/mol. The molecule has 0 fully saturated rings. The summed E-state index contributed by atoms with van der Waals surface area (Å²) in [6.07, 6.45) is 2.08. The molecule has 110 valence electrons. The number of rotatable bonds is 6. The fraction of sp³-hybridized carbons (Fsp3) is 0.533. The average molecular weight is 277 g/mol. The number of nitrogens with one attached hydrogen (secondary N) is 2. The van der Waals surface area contributed by atoms with Gasteiger partial charge in [-0.1, -0.05) is 18.2 Å². The predicted octanol–water partition coefficient (Wildman–Crippen LogP) is 1.19. The van der Waals surface area contributed by atoms with Crippen molar-refractivity contribution in [2.24, 2.45) is 4.99 Å². The maximum atomic E-state index is 5.88. The third kappa shape index (κ3) is 4.13. The minimum atomic E-state index is 0.171. The third-order valence-electron chi connectivity index (χ3n) is 3.25. The van der Waals surface area contributed by atoms with Crippen molar-refractivity contribution in [3.05, 3.63) is 29.8 Å². The van der Waals surface area contributed by atoms with Crippen LogP contribution in [-0.2, 0) is 11.2 Å². The van der Waals surface area contributed by atoms with Gasteiger partial charge in [-0.2, -0.15) is 0 Å². The highest BCUT2D eigenvalue weighted by Crippen LogP contribution is 2.27. The minimum Gasteiger partial charge on any atom is -0.488 e. The number of aliphatic imine (C=N–C) groups is 1. The molecule has 5 nitrogen and oxygen atoms in total. The summed E-state index contributed by atoms with van der Waals surface area (Å²) >= 11 is 0. The van der Waals surface area contributed by atoms with Crippen molar-refractivity contribution in [2.45, 2.75) is 18.9 Å². The second-order valence-corrected chi connectivity index (χ2v) is 4.78. The van der Waals surface area contributed by atoms with Gasteiger partial charge < -0.3 is 20.1 Å². The molecule has 0 aromatic heterocycles. The summed E-state index contributed by atoms with van der Waals surface area (Å²) in [7, 11) is 3.48. The van der Waals surface area contributed by atoms with E-state index in [0.717, 1.165) is 44.2 Å². The normalized spacial score (nSPS) is 17.5. The molecular formula is C15H23N3O2. The highest BCUT2D eigenvalue weighted by Gasteiger charge is 2.22. The van der Waals surface area contributed by atoms with Crippen LogP contribution in [0.4, 0.5) is 0 Å². The summed E-state index contributed by atoms with van der Waals surface area (Å²) in [4.78, 5) is 4.19. The lowest BCUT2D eigenvalue weighted by Gasteiger charge is -2.15. The van der Waals surface area contributed by atoms with E-state index < -0.39 is 0 Å². The van der Waals surface area contributed by atoms with Gasteiger partial charge in [-0.05, 0) is 18.1 Å². The first kappa shape index (κ1) is 14.7. The van der Waals surface area contributed by atoms with E-state index in [0.29, 0.717) is 0 Å². The van der Waals surface area contributed by atoms with Crippen LogP contribution in [0.1, 0.15) is 12.0 Å². The zero-order chi connectivity index (χ0) is 14.2. The number of para-hydroxylation sites is 1. The van der Waals surface area contributed by atoms with Crippen LogP contribution in [0.15, 0.2) is 29.3 Å². The van der Waals surface area contributed by atoms with Crippen molar-refractivity contribution >= 4 is 5.96 Å². The lowest BCUT2D eigenvalue weighted by Crippen LogP contribution is -2.42. The lowest BCUT2D eigenvalue weighted by molar-refractivity contribution is 0.195. The van der Waals surface area contributed by atoms with Crippen molar-refractivity contribution < 1.29 is 9.47 Å². The zero-order valence-electron chi connectivity index (χ0n) is 12.2.